The third-order valence-electron chi connectivity index (χ3n) is 3.73. The van der Waals surface area contributed by atoms with E-state index in [9.17, 15) is 5.11 Å². The van der Waals surface area contributed by atoms with Gasteiger partial charge in [-0.3, -0.25) is 0 Å². The number of nitrogens with one attached hydrogen (secondary N) is 1. The van der Waals surface area contributed by atoms with Crippen molar-refractivity contribution in [1.82, 2.24) is 5.32 Å². The van der Waals surface area contributed by atoms with Gasteiger partial charge in [-0.2, -0.15) is 0 Å². The highest BCUT2D eigenvalue weighted by Crippen LogP contribution is 2.29. The van der Waals surface area contributed by atoms with Crippen LogP contribution in [0.2, 0.25) is 0 Å². The number of rotatable bonds is 6. The van der Waals surface area contributed by atoms with Crippen LogP contribution in [0.3, 0.4) is 0 Å². The second-order valence-electron chi connectivity index (χ2n) is 5.06. The molecule has 0 aliphatic heterocycles. The van der Waals surface area contributed by atoms with E-state index in [4.69, 9.17) is 0 Å². The molecule has 20 heavy (non-hydrogen) atoms. The molecule has 0 bridgehead atoms. The molecule has 2 aromatic carbocycles. The summed E-state index contributed by atoms with van der Waals surface area (Å²) in [5.74, 6) is 0.370. The summed E-state index contributed by atoms with van der Waals surface area (Å²) in [7, 11) is 0. The minimum absolute atomic E-state index is 0.168. The lowest BCUT2D eigenvalue weighted by molar-refractivity contribution is 0.402. The summed E-state index contributed by atoms with van der Waals surface area (Å²) in [5.41, 5.74) is 2.27. The fourth-order valence-corrected chi connectivity index (χ4v) is 2.59. The van der Waals surface area contributed by atoms with Crippen LogP contribution in [0, 0.1) is 0 Å². The molecule has 2 rings (SSSR count). The van der Waals surface area contributed by atoms with Crippen LogP contribution in [0.5, 0.6) is 5.75 Å². The summed E-state index contributed by atoms with van der Waals surface area (Å²) in [6, 6.07) is 18.5. The van der Waals surface area contributed by atoms with Crippen LogP contribution in [0.4, 0.5) is 0 Å². The van der Waals surface area contributed by atoms with Gasteiger partial charge in [0.15, 0.2) is 0 Å². The lowest BCUT2D eigenvalue weighted by Gasteiger charge is -2.25. The van der Waals surface area contributed by atoms with Crippen molar-refractivity contribution in [3.05, 3.63) is 65.7 Å². The van der Waals surface area contributed by atoms with Gasteiger partial charge >= 0.3 is 0 Å². The van der Waals surface area contributed by atoms with Crippen molar-refractivity contribution in [1.29, 1.82) is 0 Å². The van der Waals surface area contributed by atoms with Gasteiger partial charge < -0.3 is 10.4 Å². The summed E-state index contributed by atoms with van der Waals surface area (Å²) in [6.45, 7) is 4.32. The minimum atomic E-state index is 0.168. The predicted molar refractivity (Wildman–Crippen MR) is 83.7 cm³/mol. The van der Waals surface area contributed by atoms with Crippen molar-refractivity contribution in [3.63, 3.8) is 0 Å². The quantitative estimate of drug-likeness (QED) is 0.804. The fourth-order valence-electron chi connectivity index (χ4n) is 2.59. The highest BCUT2D eigenvalue weighted by atomic mass is 16.3. The number of phenolic OH excluding ortho intramolecular Hbond substituents is 1. The number of phenols is 1. The second-order valence-corrected chi connectivity index (χ2v) is 5.06. The molecule has 0 saturated carbocycles. The SMILES string of the molecule is CCC(NC(CC)c1ccccc1O)c1ccccc1. The Bertz CT molecular complexity index is 524. The Morgan fingerprint density at radius 3 is 2.05 bits per heavy atom. The van der Waals surface area contributed by atoms with E-state index >= 15 is 0 Å². The summed E-state index contributed by atoms with van der Waals surface area (Å²) in [6.07, 6.45) is 1.97. The molecule has 2 aromatic rings. The first-order valence-electron chi connectivity index (χ1n) is 7.35. The second kappa shape index (κ2) is 7.11. The smallest absolute Gasteiger partial charge is 0.120 e. The van der Waals surface area contributed by atoms with Crippen molar-refractivity contribution in [2.75, 3.05) is 0 Å². The Kier molecular flexibility index (Phi) is 5.19. The van der Waals surface area contributed by atoms with Crippen molar-refractivity contribution in [2.24, 2.45) is 0 Å². The van der Waals surface area contributed by atoms with Gasteiger partial charge in [0.1, 0.15) is 5.75 Å². The number of aromatic hydroxyl groups is 1. The molecule has 0 spiro atoms. The molecule has 2 N–H and O–H groups in total. The van der Waals surface area contributed by atoms with E-state index in [-0.39, 0.29) is 6.04 Å². The topological polar surface area (TPSA) is 32.3 Å². The van der Waals surface area contributed by atoms with Gasteiger partial charge in [0.2, 0.25) is 0 Å². The third kappa shape index (κ3) is 3.40. The molecule has 0 heterocycles. The van der Waals surface area contributed by atoms with Crippen molar-refractivity contribution in [3.8, 4) is 5.75 Å². The maximum Gasteiger partial charge on any atom is 0.120 e. The number of para-hydroxylation sites is 1. The van der Waals surface area contributed by atoms with Crippen LogP contribution in [-0.2, 0) is 0 Å². The monoisotopic (exact) mass is 269 g/mol. The fraction of sp³-hybridized carbons (Fsp3) is 0.333. The van der Waals surface area contributed by atoms with Gasteiger partial charge in [-0.15, -0.1) is 0 Å². The Morgan fingerprint density at radius 2 is 1.45 bits per heavy atom. The maximum absolute atomic E-state index is 10.0. The zero-order valence-corrected chi connectivity index (χ0v) is 12.2. The van der Waals surface area contributed by atoms with Crippen LogP contribution < -0.4 is 5.32 Å². The Hall–Kier alpha value is -1.80. The average molecular weight is 269 g/mol. The van der Waals surface area contributed by atoms with Crippen LogP contribution in [0.1, 0.15) is 49.9 Å². The summed E-state index contributed by atoms with van der Waals surface area (Å²) in [4.78, 5) is 0. The number of benzene rings is 2. The highest BCUT2D eigenvalue weighted by molar-refractivity contribution is 5.34. The van der Waals surface area contributed by atoms with Crippen LogP contribution in [0.15, 0.2) is 54.6 Å². The Balaban J connectivity index is 2.19. The molecule has 0 aliphatic carbocycles. The van der Waals surface area contributed by atoms with E-state index in [0.717, 1.165) is 18.4 Å². The molecule has 0 amide bonds. The van der Waals surface area contributed by atoms with E-state index in [0.29, 0.717) is 11.8 Å². The standard InChI is InChI=1S/C18H23NO/c1-3-16(14-10-6-5-7-11-14)19-17(4-2)15-12-8-9-13-18(15)20/h5-13,16-17,19-20H,3-4H2,1-2H3. The Morgan fingerprint density at radius 1 is 0.850 bits per heavy atom. The highest BCUT2D eigenvalue weighted by Gasteiger charge is 2.17. The van der Waals surface area contributed by atoms with Crippen LogP contribution >= 0.6 is 0 Å². The van der Waals surface area contributed by atoms with Crippen molar-refractivity contribution in [2.45, 2.75) is 38.8 Å². The van der Waals surface area contributed by atoms with E-state index in [2.05, 4.69) is 43.4 Å². The zero-order chi connectivity index (χ0) is 14.4. The van der Waals surface area contributed by atoms with Gasteiger partial charge in [0.25, 0.3) is 0 Å². The van der Waals surface area contributed by atoms with Crippen molar-refractivity contribution >= 4 is 0 Å². The summed E-state index contributed by atoms with van der Waals surface area (Å²) in [5, 5.41) is 13.7. The molecular weight excluding hydrogens is 246 g/mol. The number of hydrogen-bond donors (Lipinski definition) is 2. The molecule has 2 nitrogen and oxygen atoms in total. The van der Waals surface area contributed by atoms with E-state index in [1.54, 1.807) is 6.07 Å². The maximum atomic E-state index is 10.0. The molecular formula is C18H23NO. The van der Waals surface area contributed by atoms with E-state index < -0.39 is 0 Å². The molecule has 2 unspecified atom stereocenters. The molecule has 2 atom stereocenters. The lowest BCUT2D eigenvalue weighted by atomic mass is 9.98. The van der Waals surface area contributed by atoms with Gasteiger partial charge in [-0.05, 0) is 24.5 Å². The molecule has 2 heteroatoms. The predicted octanol–water partition coefficient (Wildman–Crippen LogP) is 4.58. The first kappa shape index (κ1) is 14.6. The summed E-state index contributed by atoms with van der Waals surface area (Å²) >= 11 is 0. The minimum Gasteiger partial charge on any atom is -0.508 e. The van der Waals surface area contributed by atoms with E-state index in [1.807, 2.05) is 24.3 Å². The Labute approximate surface area is 121 Å². The zero-order valence-electron chi connectivity index (χ0n) is 12.2. The summed E-state index contributed by atoms with van der Waals surface area (Å²) < 4.78 is 0. The first-order chi connectivity index (χ1) is 9.76. The van der Waals surface area contributed by atoms with Gasteiger partial charge in [-0.25, -0.2) is 0 Å². The van der Waals surface area contributed by atoms with Crippen molar-refractivity contribution < 1.29 is 5.11 Å². The van der Waals surface area contributed by atoms with Crippen LogP contribution in [0.25, 0.3) is 0 Å². The lowest BCUT2D eigenvalue weighted by Crippen LogP contribution is -2.25. The van der Waals surface area contributed by atoms with E-state index in [1.165, 1.54) is 5.56 Å². The molecule has 0 saturated heterocycles. The molecule has 0 fully saturated rings. The molecule has 0 aromatic heterocycles. The molecule has 0 aliphatic rings. The van der Waals surface area contributed by atoms with Gasteiger partial charge in [0.05, 0.1) is 0 Å². The van der Waals surface area contributed by atoms with Gasteiger partial charge in [0, 0.05) is 17.6 Å². The largest absolute Gasteiger partial charge is 0.508 e. The molecule has 0 radical (unpaired) electrons. The average Bonchev–Trinajstić information content (AvgIpc) is 2.50. The van der Waals surface area contributed by atoms with Crippen LogP contribution in [-0.4, -0.2) is 5.11 Å². The normalized spacial score (nSPS) is 13.9. The molecule has 106 valence electrons. The third-order valence-corrected chi connectivity index (χ3v) is 3.73. The van der Waals surface area contributed by atoms with Gasteiger partial charge in [-0.1, -0.05) is 62.4 Å². The number of hydrogen-bond acceptors (Lipinski definition) is 2. The first-order valence-corrected chi connectivity index (χ1v) is 7.35.